The number of nitrogens with zero attached hydrogens (tertiary/aromatic N) is 1. The van der Waals surface area contributed by atoms with Crippen LogP contribution in [0.5, 0.6) is 0 Å². The Bertz CT molecular complexity index is 109. The normalized spacial score (nSPS) is 12.6. The zero-order valence-corrected chi connectivity index (χ0v) is 10.8. The van der Waals surface area contributed by atoms with E-state index in [1.807, 2.05) is 11.8 Å². The first-order valence-corrected chi connectivity index (χ1v) is 7.12. The zero-order chi connectivity index (χ0) is 10.1. The Morgan fingerprint density at radius 3 is 2.43 bits per heavy atom. The molecule has 0 aromatic carbocycles. The van der Waals surface area contributed by atoms with Crippen molar-refractivity contribution in [3.05, 3.63) is 0 Å². The molecule has 0 saturated heterocycles. The fourth-order valence-corrected chi connectivity index (χ4v) is 2.03. The number of hydrogen-bond donors (Lipinski definition) is 1. The van der Waals surface area contributed by atoms with E-state index in [0.29, 0.717) is 6.04 Å². The molecule has 1 atom stereocenters. The molecule has 88 valence electrons. The van der Waals surface area contributed by atoms with Crippen LogP contribution in [0.2, 0.25) is 0 Å². The van der Waals surface area contributed by atoms with Gasteiger partial charge < -0.3 is 0 Å². The third-order valence-corrected chi connectivity index (χ3v) is 3.29. The van der Waals surface area contributed by atoms with Crippen LogP contribution in [0.25, 0.3) is 0 Å². The molecule has 3 heteroatoms. The minimum absolute atomic E-state index is 0. The fourth-order valence-electron chi connectivity index (χ4n) is 1.35. The third kappa shape index (κ3) is 8.01. The molecule has 0 bridgehead atoms. The van der Waals surface area contributed by atoms with Crippen molar-refractivity contribution in [3.63, 3.8) is 0 Å². The summed E-state index contributed by atoms with van der Waals surface area (Å²) in [5.41, 5.74) is 0. The lowest BCUT2D eigenvalue weighted by molar-refractivity contribution is 0.218. The summed E-state index contributed by atoms with van der Waals surface area (Å²) in [6, 6.07) is 0.717. The molecular formula is C11H27NS2. The van der Waals surface area contributed by atoms with Gasteiger partial charge in [0.15, 0.2) is 0 Å². The predicted octanol–water partition coefficient (Wildman–Crippen LogP) is 3.41. The van der Waals surface area contributed by atoms with E-state index in [0.717, 1.165) is 12.3 Å². The fraction of sp³-hybridized carbons (Fsp3) is 1.00. The molecule has 14 heavy (non-hydrogen) atoms. The molecule has 0 amide bonds. The van der Waals surface area contributed by atoms with Crippen LogP contribution in [-0.2, 0) is 0 Å². The summed E-state index contributed by atoms with van der Waals surface area (Å²) in [4.78, 5) is 2.54. The van der Waals surface area contributed by atoms with Crippen molar-refractivity contribution < 1.29 is 0 Å². The smallest absolute Gasteiger partial charge is 0.00727 e. The molecule has 0 radical (unpaired) electrons. The average Bonchev–Trinajstić information content (AvgIpc) is 2.16. The minimum atomic E-state index is 0. The predicted molar refractivity (Wildman–Crippen MR) is 74.9 cm³/mol. The Labute approximate surface area is 100 Å². The molecule has 0 aromatic rings. The molecule has 0 aliphatic carbocycles. The van der Waals surface area contributed by atoms with Gasteiger partial charge in [0.05, 0.1) is 0 Å². The van der Waals surface area contributed by atoms with E-state index in [-0.39, 0.29) is 7.43 Å². The lowest BCUT2D eigenvalue weighted by Crippen LogP contribution is -2.35. The van der Waals surface area contributed by atoms with E-state index >= 15 is 0 Å². The molecule has 0 fully saturated rings. The monoisotopic (exact) mass is 237 g/mol. The SMILES string of the molecule is C.CC[C@H](C)N(CCS)CCCSC. The van der Waals surface area contributed by atoms with E-state index in [2.05, 4.69) is 37.6 Å². The van der Waals surface area contributed by atoms with Crippen LogP contribution >= 0.6 is 24.4 Å². The summed E-state index contributed by atoms with van der Waals surface area (Å²) in [7, 11) is 0. The largest absolute Gasteiger partial charge is 0.300 e. The van der Waals surface area contributed by atoms with Gasteiger partial charge in [-0.05, 0) is 38.3 Å². The molecule has 0 aliphatic rings. The maximum absolute atomic E-state index is 4.29. The highest BCUT2D eigenvalue weighted by Gasteiger charge is 2.09. The van der Waals surface area contributed by atoms with Crippen molar-refractivity contribution in [1.29, 1.82) is 0 Å². The van der Waals surface area contributed by atoms with Gasteiger partial charge in [-0.25, -0.2) is 0 Å². The van der Waals surface area contributed by atoms with Gasteiger partial charge in [-0.1, -0.05) is 14.4 Å². The van der Waals surface area contributed by atoms with E-state index in [9.17, 15) is 0 Å². The highest BCUT2D eigenvalue weighted by molar-refractivity contribution is 7.98. The lowest BCUT2D eigenvalue weighted by atomic mass is 10.2. The van der Waals surface area contributed by atoms with Gasteiger partial charge in [0.2, 0.25) is 0 Å². The molecule has 0 heterocycles. The zero-order valence-electron chi connectivity index (χ0n) is 9.12. The molecule has 0 aromatic heterocycles. The Morgan fingerprint density at radius 2 is 2.00 bits per heavy atom. The van der Waals surface area contributed by atoms with Crippen molar-refractivity contribution >= 4 is 24.4 Å². The Hall–Kier alpha value is 0.660. The van der Waals surface area contributed by atoms with Crippen molar-refractivity contribution in [1.82, 2.24) is 4.90 Å². The highest BCUT2D eigenvalue weighted by Crippen LogP contribution is 2.06. The second-order valence-corrected chi connectivity index (χ2v) is 4.80. The van der Waals surface area contributed by atoms with Crippen LogP contribution in [0.3, 0.4) is 0 Å². The van der Waals surface area contributed by atoms with Crippen molar-refractivity contribution in [2.45, 2.75) is 40.2 Å². The first-order chi connectivity index (χ1) is 6.26. The van der Waals surface area contributed by atoms with E-state index in [1.165, 1.54) is 25.1 Å². The molecule has 1 nitrogen and oxygen atoms in total. The molecule has 0 spiro atoms. The Morgan fingerprint density at radius 1 is 1.36 bits per heavy atom. The molecule has 0 saturated carbocycles. The van der Waals surface area contributed by atoms with Gasteiger partial charge in [0.25, 0.3) is 0 Å². The second-order valence-electron chi connectivity index (χ2n) is 3.36. The number of thioether (sulfide) groups is 1. The summed E-state index contributed by atoms with van der Waals surface area (Å²) in [5.74, 6) is 2.25. The summed E-state index contributed by atoms with van der Waals surface area (Å²) >= 11 is 6.23. The molecule has 0 unspecified atom stereocenters. The first-order valence-electron chi connectivity index (χ1n) is 5.10. The number of hydrogen-bond acceptors (Lipinski definition) is 3. The van der Waals surface area contributed by atoms with Gasteiger partial charge in [-0.15, -0.1) is 0 Å². The average molecular weight is 237 g/mol. The van der Waals surface area contributed by atoms with E-state index in [1.54, 1.807) is 0 Å². The minimum Gasteiger partial charge on any atom is -0.300 e. The molecule has 0 N–H and O–H groups in total. The van der Waals surface area contributed by atoms with Crippen LogP contribution in [0, 0.1) is 0 Å². The third-order valence-electron chi connectivity index (χ3n) is 2.40. The maximum Gasteiger partial charge on any atom is 0.00727 e. The summed E-state index contributed by atoms with van der Waals surface area (Å²) in [6.07, 6.45) is 4.72. The number of rotatable bonds is 8. The van der Waals surface area contributed by atoms with Crippen molar-refractivity contribution in [2.24, 2.45) is 0 Å². The lowest BCUT2D eigenvalue weighted by Gasteiger charge is -2.27. The number of thiol groups is 1. The van der Waals surface area contributed by atoms with Crippen molar-refractivity contribution in [3.8, 4) is 0 Å². The van der Waals surface area contributed by atoms with Crippen LogP contribution in [-0.4, -0.2) is 41.8 Å². The van der Waals surface area contributed by atoms with Gasteiger partial charge in [0.1, 0.15) is 0 Å². The Kier molecular flexibility index (Phi) is 14.3. The maximum atomic E-state index is 4.29. The van der Waals surface area contributed by atoms with Gasteiger partial charge in [-0.2, -0.15) is 24.4 Å². The first kappa shape index (κ1) is 17.1. The highest BCUT2D eigenvalue weighted by atomic mass is 32.2. The van der Waals surface area contributed by atoms with Gasteiger partial charge in [0, 0.05) is 18.3 Å². The quantitative estimate of drug-likeness (QED) is 0.509. The van der Waals surface area contributed by atoms with Crippen LogP contribution in [0.1, 0.15) is 34.1 Å². The molecule has 0 aliphatic heterocycles. The van der Waals surface area contributed by atoms with Crippen molar-refractivity contribution in [2.75, 3.05) is 30.9 Å². The summed E-state index contributed by atoms with van der Waals surface area (Å²) < 4.78 is 0. The summed E-state index contributed by atoms with van der Waals surface area (Å²) in [5, 5.41) is 0. The van der Waals surface area contributed by atoms with Crippen LogP contribution in [0.15, 0.2) is 0 Å². The Balaban J connectivity index is 0. The summed E-state index contributed by atoms with van der Waals surface area (Å²) in [6.45, 7) is 6.93. The van der Waals surface area contributed by atoms with Crippen LogP contribution < -0.4 is 0 Å². The van der Waals surface area contributed by atoms with E-state index in [4.69, 9.17) is 0 Å². The molecule has 0 rings (SSSR count). The topological polar surface area (TPSA) is 3.24 Å². The standard InChI is InChI=1S/C10H23NS2.CH4/c1-4-10(2)11(7-8-12)6-5-9-13-3;/h10,12H,4-9H2,1-3H3;1H4/t10-;/m0./s1. The van der Waals surface area contributed by atoms with Gasteiger partial charge in [-0.3, -0.25) is 4.90 Å². The van der Waals surface area contributed by atoms with Crippen LogP contribution in [0.4, 0.5) is 0 Å². The molecular weight excluding hydrogens is 210 g/mol. The second kappa shape index (κ2) is 11.7. The van der Waals surface area contributed by atoms with E-state index < -0.39 is 0 Å². The van der Waals surface area contributed by atoms with Gasteiger partial charge >= 0.3 is 0 Å².